The van der Waals surface area contributed by atoms with Crippen molar-refractivity contribution in [2.75, 3.05) is 31.9 Å². The third-order valence-corrected chi connectivity index (χ3v) is 6.57. The molecule has 0 aromatic heterocycles. The van der Waals surface area contributed by atoms with Gasteiger partial charge in [-0.1, -0.05) is 30.3 Å². The number of nitrogens with one attached hydrogen (secondary N) is 1. The topological polar surface area (TPSA) is 69.7 Å². The second-order valence-electron chi connectivity index (χ2n) is 8.14. The molecule has 0 unspecified atom stereocenters. The minimum Gasteiger partial charge on any atom is -0.337 e. The van der Waals surface area contributed by atoms with Crippen LogP contribution in [-0.4, -0.2) is 51.3 Å². The first kappa shape index (κ1) is 25.3. The van der Waals surface area contributed by atoms with Crippen LogP contribution in [-0.2, 0) is 27.8 Å². The number of rotatable bonds is 10. The van der Waals surface area contributed by atoms with Gasteiger partial charge in [-0.2, -0.15) is 0 Å². The van der Waals surface area contributed by atoms with E-state index >= 15 is 0 Å². The molecule has 6 nitrogen and oxygen atoms in total. The number of halogens is 2. The fourth-order valence-corrected chi connectivity index (χ4v) is 4.31. The summed E-state index contributed by atoms with van der Waals surface area (Å²) in [7, 11) is -0.0651. The van der Waals surface area contributed by atoms with Crippen LogP contribution in [0.5, 0.6) is 0 Å². The van der Waals surface area contributed by atoms with Crippen LogP contribution in [0, 0.1) is 11.6 Å². The van der Waals surface area contributed by atoms with Gasteiger partial charge in [0.1, 0.15) is 11.6 Å². The Hall–Kier alpha value is -3.30. The zero-order valence-electron chi connectivity index (χ0n) is 19.0. The highest BCUT2D eigenvalue weighted by molar-refractivity contribution is 7.92. The van der Waals surface area contributed by atoms with E-state index in [0.717, 1.165) is 12.1 Å². The summed E-state index contributed by atoms with van der Waals surface area (Å²) in [5, 5.41) is 0. The lowest BCUT2D eigenvalue weighted by Crippen LogP contribution is -2.37. The van der Waals surface area contributed by atoms with E-state index in [1.165, 1.54) is 18.2 Å². The standard InChI is InChI=1S/C25H27F2N3O3S/c1-29(2)15-16-30(18-20-5-3-4-6-24(20)27)25(31)17-19-7-11-22(12-8-19)28-34(32,33)23-13-9-21(26)10-14-23/h3-14,28H,15-18H2,1-2H3. The van der Waals surface area contributed by atoms with E-state index in [-0.39, 0.29) is 29.6 Å². The van der Waals surface area contributed by atoms with E-state index < -0.39 is 15.8 Å². The summed E-state index contributed by atoms with van der Waals surface area (Å²) in [5.74, 6) is -1.05. The molecule has 3 aromatic rings. The van der Waals surface area contributed by atoms with Gasteiger partial charge in [0.2, 0.25) is 5.91 Å². The molecule has 34 heavy (non-hydrogen) atoms. The van der Waals surface area contributed by atoms with Crippen LogP contribution >= 0.6 is 0 Å². The third kappa shape index (κ3) is 7.10. The van der Waals surface area contributed by atoms with Gasteiger partial charge in [-0.15, -0.1) is 0 Å². The largest absolute Gasteiger partial charge is 0.337 e. The number of carbonyl (C=O) groups excluding carboxylic acids is 1. The Morgan fingerprint density at radius 3 is 2.15 bits per heavy atom. The zero-order chi connectivity index (χ0) is 24.7. The number of hydrogen-bond donors (Lipinski definition) is 1. The Morgan fingerprint density at radius 2 is 1.53 bits per heavy atom. The van der Waals surface area contributed by atoms with Gasteiger partial charge in [0.25, 0.3) is 10.0 Å². The molecule has 0 bridgehead atoms. The quantitative estimate of drug-likeness (QED) is 0.471. The molecule has 0 aliphatic heterocycles. The number of anilines is 1. The van der Waals surface area contributed by atoms with E-state index in [0.29, 0.717) is 29.9 Å². The van der Waals surface area contributed by atoms with Crippen molar-refractivity contribution in [3.8, 4) is 0 Å². The molecular formula is C25H27F2N3O3S. The van der Waals surface area contributed by atoms with Crippen molar-refractivity contribution >= 4 is 21.6 Å². The molecule has 0 aliphatic carbocycles. The Balaban J connectivity index is 1.68. The van der Waals surface area contributed by atoms with E-state index in [4.69, 9.17) is 0 Å². The number of nitrogens with zero attached hydrogens (tertiary/aromatic N) is 2. The van der Waals surface area contributed by atoms with Crippen molar-refractivity contribution in [2.45, 2.75) is 17.9 Å². The first-order chi connectivity index (χ1) is 16.1. The van der Waals surface area contributed by atoms with Gasteiger partial charge in [0, 0.05) is 30.9 Å². The van der Waals surface area contributed by atoms with Crippen LogP contribution in [0.1, 0.15) is 11.1 Å². The van der Waals surface area contributed by atoms with Crippen molar-refractivity contribution in [2.24, 2.45) is 0 Å². The summed E-state index contributed by atoms with van der Waals surface area (Å²) >= 11 is 0. The lowest BCUT2D eigenvalue weighted by Gasteiger charge is -2.25. The fourth-order valence-electron chi connectivity index (χ4n) is 3.25. The average molecular weight is 488 g/mol. The van der Waals surface area contributed by atoms with Crippen LogP contribution in [0.25, 0.3) is 0 Å². The molecule has 0 saturated carbocycles. The van der Waals surface area contributed by atoms with Crippen LogP contribution in [0.2, 0.25) is 0 Å². The highest BCUT2D eigenvalue weighted by Gasteiger charge is 2.18. The number of hydrogen-bond acceptors (Lipinski definition) is 4. The fraction of sp³-hybridized carbons (Fsp3) is 0.240. The lowest BCUT2D eigenvalue weighted by molar-refractivity contribution is -0.131. The normalized spacial score (nSPS) is 11.4. The minimum atomic E-state index is -3.87. The van der Waals surface area contributed by atoms with Crippen LogP contribution in [0.15, 0.2) is 77.7 Å². The molecule has 3 rings (SSSR count). The highest BCUT2D eigenvalue weighted by atomic mass is 32.2. The van der Waals surface area contributed by atoms with Gasteiger partial charge in [-0.25, -0.2) is 17.2 Å². The third-order valence-electron chi connectivity index (χ3n) is 5.17. The van der Waals surface area contributed by atoms with Crippen molar-refractivity contribution in [3.05, 3.63) is 95.6 Å². The predicted molar refractivity (Wildman–Crippen MR) is 128 cm³/mol. The molecule has 180 valence electrons. The zero-order valence-corrected chi connectivity index (χ0v) is 19.9. The second kappa shape index (κ2) is 11.2. The highest BCUT2D eigenvalue weighted by Crippen LogP contribution is 2.18. The smallest absolute Gasteiger partial charge is 0.261 e. The first-order valence-electron chi connectivity index (χ1n) is 10.7. The molecule has 0 spiro atoms. The van der Waals surface area contributed by atoms with Gasteiger partial charge in [-0.05, 0) is 62.1 Å². The average Bonchev–Trinajstić information content (AvgIpc) is 2.79. The van der Waals surface area contributed by atoms with Gasteiger partial charge in [0.15, 0.2) is 0 Å². The molecule has 0 heterocycles. The van der Waals surface area contributed by atoms with Crippen LogP contribution in [0.4, 0.5) is 14.5 Å². The molecule has 0 radical (unpaired) electrons. The molecule has 0 saturated heterocycles. The molecule has 0 aliphatic rings. The number of sulfonamides is 1. The number of amides is 1. The molecular weight excluding hydrogens is 460 g/mol. The molecule has 9 heteroatoms. The molecule has 0 atom stereocenters. The summed E-state index contributed by atoms with van der Waals surface area (Å²) in [6.07, 6.45) is 0.0902. The van der Waals surface area contributed by atoms with Gasteiger partial charge < -0.3 is 9.80 Å². The summed E-state index contributed by atoms with van der Waals surface area (Å²) in [6, 6.07) is 17.3. The number of carbonyl (C=O) groups is 1. The van der Waals surface area contributed by atoms with Crippen LogP contribution < -0.4 is 4.72 Å². The number of likely N-dealkylation sites (N-methyl/N-ethyl adjacent to an activating group) is 1. The van der Waals surface area contributed by atoms with E-state index in [1.807, 2.05) is 19.0 Å². The maximum absolute atomic E-state index is 14.1. The van der Waals surface area contributed by atoms with Gasteiger partial charge in [-0.3, -0.25) is 9.52 Å². The van der Waals surface area contributed by atoms with Crippen LogP contribution in [0.3, 0.4) is 0 Å². The Labute approximate surface area is 198 Å². The maximum atomic E-state index is 14.1. The van der Waals surface area contributed by atoms with E-state index in [9.17, 15) is 22.0 Å². The Bertz CT molecular complexity index is 1210. The van der Waals surface area contributed by atoms with E-state index in [2.05, 4.69) is 4.72 Å². The molecule has 3 aromatic carbocycles. The van der Waals surface area contributed by atoms with Crippen molar-refractivity contribution < 1.29 is 22.0 Å². The summed E-state index contributed by atoms with van der Waals surface area (Å²) in [5.41, 5.74) is 1.45. The van der Waals surface area contributed by atoms with Crippen molar-refractivity contribution in [1.82, 2.24) is 9.80 Å². The van der Waals surface area contributed by atoms with Gasteiger partial charge >= 0.3 is 0 Å². The molecule has 1 N–H and O–H groups in total. The second-order valence-corrected chi connectivity index (χ2v) is 9.83. The Kier molecular flexibility index (Phi) is 8.36. The van der Waals surface area contributed by atoms with E-state index in [1.54, 1.807) is 47.4 Å². The monoisotopic (exact) mass is 487 g/mol. The summed E-state index contributed by atoms with van der Waals surface area (Å²) in [4.78, 5) is 16.5. The van der Waals surface area contributed by atoms with Crippen molar-refractivity contribution in [3.63, 3.8) is 0 Å². The minimum absolute atomic E-state index is 0.0576. The summed E-state index contributed by atoms with van der Waals surface area (Å²) < 4.78 is 54.6. The van der Waals surface area contributed by atoms with Gasteiger partial charge in [0.05, 0.1) is 11.3 Å². The lowest BCUT2D eigenvalue weighted by atomic mass is 10.1. The Morgan fingerprint density at radius 1 is 0.882 bits per heavy atom. The summed E-state index contributed by atoms with van der Waals surface area (Å²) in [6.45, 7) is 1.23. The molecule has 0 fully saturated rings. The molecule has 1 amide bonds. The number of benzene rings is 3. The van der Waals surface area contributed by atoms with Crippen molar-refractivity contribution in [1.29, 1.82) is 0 Å². The maximum Gasteiger partial charge on any atom is 0.261 e. The SMILES string of the molecule is CN(C)CCN(Cc1ccccc1F)C(=O)Cc1ccc(NS(=O)(=O)c2ccc(F)cc2)cc1. The predicted octanol–water partition coefficient (Wildman–Crippen LogP) is 3.90. The first-order valence-corrected chi connectivity index (χ1v) is 12.2.